The molecule has 11 heteroatoms. The molecule has 4 saturated carbocycles. The first-order valence-corrected chi connectivity index (χ1v) is 16.7. The molecule has 1 saturated heterocycles. The number of urea groups is 1. The molecule has 5 amide bonds. The smallest absolute Gasteiger partial charge is 0.316 e. The molecule has 2 unspecified atom stereocenters. The first kappa shape index (κ1) is 32.4. The van der Waals surface area contributed by atoms with Gasteiger partial charge in [-0.1, -0.05) is 66.7 Å². The Labute approximate surface area is 260 Å². The molecule has 0 aromatic heterocycles. The molecule has 5 N–H and O–H groups in total. The lowest BCUT2D eigenvalue weighted by atomic mass is 9.81. The van der Waals surface area contributed by atoms with E-state index in [1.807, 2.05) is 20.8 Å². The van der Waals surface area contributed by atoms with Gasteiger partial charge in [0, 0.05) is 12.5 Å². The van der Waals surface area contributed by atoms with E-state index in [1.165, 1.54) is 0 Å². The van der Waals surface area contributed by atoms with Crippen LogP contribution in [0.25, 0.3) is 0 Å². The average Bonchev–Trinajstić information content (AvgIpc) is 3.91. The number of nitrogens with zero attached hydrogens (tertiary/aromatic N) is 1. The number of amides is 5. The van der Waals surface area contributed by atoms with Gasteiger partial charge < -0.3 is 26.6 Å². The van der Waals surface area contributed by atoms with Crippen molar-refractivity contribution in [1.29, 1.82) is 0 Å². The number of likely N-dealkylation sites (tertiary alicyclic amines) is 1. The molecule has 5 aliphatic rings. The highest BCUT2D eigenvalue weighted by Gasteiger charge is 2.70. The van der Waals surface area contributed by atoms with Gasteiger partial charge in [0.1, 0.15) is 12.1 Å². The monoisotopic (exact) mass is 613 g/mol. The summed E-state index contributed by atoms with van der Waals surface area (Å²) < 4.78 is 0. The zero-order chi connectivity index (χ0) is 32.1. The number of hydrogen-bond donors (Lipinski definition) is 4. The predicted molar refractivity (Wildman–Crippen MR) is 163 cm³/mol. The van der Waals surface area contributed by atoms with E-state index in [4.69, 9.17) is 5.73 Å². The third-order valence-corrected chi connectivity index (χ3v) is 11.0. The van der Waals surface area contributed by atoms with E-state index >= 15 is 0 Å². The van der Waals surface area contributed by atoms with E-state index in [9.17, 15) is 28.8 Å². The third kappa shape index (κ3) is 6.81. The summed E-state index contributed by atoms with van der Waals surface area (Å²) >= 11 is 0. The Hall–Kier alpha value is -2.98. The fourth-order valence-electron chi connectivity index (χ4n) is 7.80. The van der Waals surface area contributed by atoms with Gasteiger partial charge in [0.25, 0.3) is 5.91 Å². The molecule has 11 nitrogen and oxygen atoms in total. The molecule has 0 spiro atoms. The molecule has 0 aromatic rings. The molecular weight excluding hydrogens is 562 g/mol. The van der Waals surface area contributed by atoms with E-state index in [0.29, 0.717) is 13.0 Å². The van der Waals surface area contributed by atoms with E-state index in [0.717, 1.165) is 57.8 Å². The highest BCUT2D eigenvalue weighted by Crippen LogP contribution is 2.65. The van der Waals surface area contributed by atoms with Crippen LogP contribution in [-0.2, 0) is 24.0 Å². The van der Waals surface area contributed by atoms with Crippen LogP contribution in [0.2, 0.25) is 0 Å². The number of primary amides is 1. The van der Waals surface area contributed by atoms with Crippen LogP contribution < -0.4 is 21.7 Å². The van der Waals surface area contributed by atoms with E-state index in [-0.39, 0.29) is 46.7 Å². The summed E-state index contributed by atoms with van der Waals surface area (Å²) in [4.78, 5) is 80.7. The van der Waals surface area contributed by atoms with Crippen LogP contribution in [0.4, 0.5) is 4.79 Å². The normalized spacial score (nSPS) is 28.2. The quantitative estimate of drug-likeness (QED) is 0.247. The van der Waals surface area contributed by atoms with Crippen LogP contribution in [-0.4, -0.2) is 70.9 Å². The van der Waals surface area contributed by atoms with Gasteiger partial charge in [-0.25, -0.2) is 4.79 Å². The Bertz CT molecular complexity index is 1200. The highest BCUT2D eigenvalue weighted by molar-refractivity contribution is 6.37. The molecule has 4 aliphatic carbocycles. The van der Waals surface area contributed by atoms with Gasteiger partial charge in [-0.15, -0.1) is 0 Å². The summed E-state index contributed by atoms with van der Waals surface area (Å²) in [5.74, 6) is -2.33. The number of carbonyl (C=O) groups is 6. The SMILES string of the molecule is CC(C)(C)[C@H](NC(=O)N[C@H](C(=O)C1CC1)C1CCCCC1)C(=O)N1CC2[C@@H]([C@H]1C(=O)NC(CC1CC1)C(=O)C(N)=O)C2(C)C. The molecule has 244 valence electrons. The van der Waals surface area contributed by atoms with Crippen molar-refractivity contribution < 1.29 is 28.8 Å². The number of hydrogen-bond acceptors (Lipinski definition) is 6. The molecule has 44 heavy (non-hydrogen) atoms. The van der Waals surface area contributed by atoms with Crippen molar-refractivity contribution in [3.05, 3.63) is 0 Å². The van der Waals surface area contributed by atoms with Gasteiger partial charge >= 0.3 is 6.03 Å². The first-order valence-electron chi connectivity index (χ1n) is 16.7. The van der Waals surface area contributed by atoms with Gasteiger partial charge in [-0.2, -0.15) is 0 Å². The lowest BCUT2D eigenvalue weighted by molar-refractivity contribution is -0.145. The second kappa shape index (κ2) is 12.1. The van der Waals surface area contributed by atoms with E-state index < -0.39 is 53.2 Å². The summed E-state index contributed by atoms with van der Waals surface area (Å²) in [5, 5.41) is 8.64. The van der Waals surface area contributed by atoms with Crippen LogP contribution >= 0.6 is 0 Å². The van der Waals surface area contributed by atoms with Crippen molar-refractivity contribution in [2.45, 2.75) is 123 Å². The molecule has 1 heterocycles. The lowest BCUT2D eigenvalue weighted by Crippen LogP contribution is -2.62. The van der Waals surface area contributed by atoms with Crippen molar-refractivity contribution in [2.24, 2.45) is 46.2 Å². The summed E-state index contributed by atoms with van der Waals surface area (Å²) in [6.07, 6.45) is 8.93. The van der Waals surface area contributed by atoms with E-state index in [2.05, 4.69) is 29.8 Å². The standard InChI is InChI=1S/C33H51N5O6/c1-32(2,3)27(37-31(44)36-23(25(39)19-13-14-19)18-9-7-6-8-10-18)30(43)38-16-20-22(33(20,4)5)24(38)29(42)35-21(15-17-11-12-17)26(40)28(34)41/h17-24,27H,6-16H2,1-5H3,(H2,34,41)(H,35,42)(H2,36,37,44)/t20?,21?,22-,23-,24-,27+/m0/s1. The number of nitrogens with two attached hydrogens (primary N) is 1. The second-order valence-electron chi connectivity index (χ2n) is 15.8. The molecule has 5 rings (SSSR count). The van der Waals surface area contributed by atoms with Crippen LogP contribution in [0.1, 0.15) is 98.8 Å². The highest BCUT2D eigenvalue weighted by atomic mass is 16.2. The van der Waals surface area contributed by atoms with Crippen molar-refractivity contribution in [1.82, 2.24) is 20.9 Å². The molecule has 1 aliphatic heterocycles. The second-order valence-corrected chi connectivity index (χ2v) is 15.8. The number of carbonyl (C=O) groups excluding carboxylic acids is 6. The third-order valence-electron chi connectivity index (χ3n) is 11.0. The Balaban J connectivity index is 1.32. The van der Waals surface area contributed by atoms with Crippen LogP contribution in [0, 0.1) is 40.4 Å². The first-order chi connectivity index (χ1) is 20.6. The van der Waals surface area contributed by atoms with Crippen molar-refractivity contribution in [2.75, 3.05) is 6.54 Å². The topological polar surface area (TPSA) is 168 Å². The average molecular weight is 614 g/mol. The van der Waals surface area contributed by atoms with Crippen molar-refractivity contribution >= 4 is 35.3 Å². The van der Waals surface area contributed by atoms with E-state index in [1.54, 1.807) is 4.90 Å². The number of nitrogens with one attached hydrogen (secondary N) is 3. The minimum absolute atomic E-state index is 0.00593. The number of rotatable bonds is 12. The number of ketones is 2. The zero-order valence-corrected chi connectivity index (χ0v) is 26.9. The van der Waals surface area contributed by atoms with Crippen molar-refractivity contribution in [3.8, 4) is 0 Å². The van der Waals surface area contributed by atoms with Gasteiger partial charge in [0.15, 0.2) is 5.78 Å². The van der Waals surface area contributed by atoms with Gasteiger partial charge in [0.05, 0.1) is 12.1 Å². The summed E-state index contributed by atoms with van der Waals surface area (Å²) in [6, 6.07) is -3.94. The molecule has 0 radical (unpaired) electrons. The molecule has 6 atom stereocenters. The van der Waals surface area contributed by atoms with Crippen LogP contribution in [0.3, 0.4) is 0 Å². The Kier molecular flexibility index (Phi) is 8.90. The zero-order valence-electron chi connectivity index (χ0n) is 26.9. The minimum Gasteiger partial charge on any atom is -0.363 e. The molecular formula is C33H51N5O6. The fraction of sp³-hybridized carbons (Fsp3) is 0.818. The molecule has 0 aromatic carbocycles. The van der Waals surface area contributed by atoms with Gasteiger partial charge in [0.2, 0.25) is 17.6 Å². The Morgan fingerprint density at radius 2 is 1.52 bits per heavy atom. The van der Waals surface area contributed by atoms with Crippen molar-refractivity contribution in [3.63, 3.8) is 0 Å². The summed E-state index contributed by atoms with van der Waals surface area (Å²) in [5.41, 5.74) is 4.43. The number of Topliss-reactive ketones (excluding diaryl/α,β-unsaturated/α-hetero) is 2. The van der Waals surface area contributed by atoms with Gasteiger partial charge in [-0.05, 0) is 66.6 Å². The summed E-state index contributed by atoms with van der Waals surface area (Å²) in [7, 11) is 0. The Morgan fingerprint density at radius 1 is 0.886 bits per heavy atom. The summed E-state index contributed by atoms with van der Waals surface area (Å²) in [6.45, 7) is 10.1. The molecule has 5 fully saturated rings. The maximum atomic E-state index is 14.3. The van der Waals surface area contributed by atoms with Crippen LogP contribution in [0.5, 0.6) is 0 Å². The Morgan fingerprint density at radius 3 is 2.07 bits per heavy atom. The lowest BCUT2D eigenvalue weighted by Gasteiger charge is -2.38. The maximum absolute atomic E-state index is 14.3. The predicted octanol–water partition coefficient (Wildman–Crippen LogP) is 2.45. The fourth-order valence-corrected chi connectivity index (χ4v) is 7.80. The number of piperidine rings is 1. The maximum Gasteiger partial charge on any atom is 0.316 e. The van der Waals surface area contributed by atoms with Gasteiger partial charge in [-0.3, -0.25) is 24.0 Å². The molecule has 0 bridgehead atoms. The number of fused-ring (bicyclic) bond motifs is 1. The minimum atomic E-state index is -1.09. The van der Waals surface area contributed by atoms with Crippen LogP contribution in [0.15, 0.2) is 0 Å². The largest absolute Gasteiger partial charge is 0.363 e.